The summed E-state index contributed by atoms with van der Waals surface area (Å²) in [6, 6.07) is 5.98. The van der Waals surface area contributed by atoms with E-state index in [0.717, 1.165) is 76.1 Å². The van der Waals surface area contributed by atoms with Crippen LogP contribution in [0.15, 0.2) is 23.2 Å². The molecular weight excluding hydrogens is 473 g/mol. The minimum absolute atomic E-state index is 0. The Morgan fingerprint density at radius 2 is 1.82 bits per heavy atom. The van der Waals surface area contributed by atoms with Crippen LogP contribution < -0.4 is 20.1 Å². The molecule has 1 aromatic rings. The quantitative estimate of drug-likeness (QED) is 0.220. The van der Waals surface area contributed by atoms with E-state index in [4.69, 9.17) is 18.9 Å². The Morgan fingerprint density at radius 1 is 1.11 bits per heavy atom. The van der Waals surface area contributed by atoms with E-state index in [1.165, 1.54) is 5.56 Å². The first-order valence-electron chi connectivity index (χ1n) is 9.61. The molecule has 0 atom stereocenters. The number of methoxy groups -OCH3 is 2. The summed E-state index contributed by atoms with van der Waals surface area (Å²) in [4.78, 5) is 4.26. The normalized spacial score (nSPS) is 14.9. The minimum atomic E-state index is 0. The molecule has 0 amide bonds. The molecule has 0 unspecified atom stereocenters. The fourth-order valence-electron chi connectivity index (χ4n) is 2.95. The van der Waals surface area contributed by atoms with Crippen molar-refractivity contribution in [2.75, 3.05) is 54.2 Å². The number of hydrogen-bond donors (Lipinski definition) is 2. The van der Waals surface area contributed by atoms with Gasteiger partial charge in [-0.15, -0.1) is 24.0 Å². The summed E-state index contributed by atoms with van der Waals surface area (Å²) in [6.07, 6.45) is 4.19. The third-order valence-corrected chi connectivity index (χ3v) is 4.51. The van der Waals surface area contributed by atoms with Crippen molar-refractivity contribution in [3.8, 4) is 11.5 Å². The number of ether oxygens (including phenoxy) is 4. The Kier molecular flexibility index (Phi) is 13.0. The molecule has 8 heteroatoms. The summed E-state index contributed by atoms with van der Waals surface area (Å²) in [6.45, 7) is 4.02. The van der Waals surface area contributed by atoms with Crippen molar-refractivity contribution in [1.29, 1.82) is 0 Å². The second kappa shape index (κ2) is 14.7. The van der Waals surface area contributed by atoms with Crippen LogP contribution in [0.25, 0.3) is 0 Å². The summed E-state index contributed by atoms with van der Waals surface area (Å²) in [5, 5.41) is 6.66. The highest BCUT2D eigenvalue weighted by Gasteiger charge is 2.13. The van der Waals surface area contributed by atoms with E-state index in [-0.39, 0.29) is 24.0 Å². The van der Waals surface area contributed by atoms with Gasteiger partial charge < -0.3 is 29.6 Å². The lowest BCUT2D eigenvalue weighted by Crippen LogP contribution is -2.39. The fraction of sp³-hybridized carbons (Fsp3) is 0.650. The van der Waals surface area contributed by atoms with Crippen LogP contribution in [0.2, 0.25) is 0 Å². The van der Waals surface area contributed by atoms with E-state index < -0.39 is 0 Å². The molecule has 0 bridgehead atoms. The van der Waals surface area contributed by atoms with Crippen molar-refractivity contribution in [2.45, 2.75) is 31.8 Å². The lowest BCUT2D eigenvalue weighted by Gasteiger charge is -2.22. The van der Waals surface area contributed by atoms with Gasteiger partial charge in [-0.3, -0.25) is 4.99 Å². The Balaban J connectivity index is 0.00000392. The standard InChI is InChI=1S/C20H33N3O4.HI/c1-21-20(22-10-4-12-27-17-8-13-26-14-9-17)23-11-7-16-5-6-18(24-2)19(15-16)25-3;/h5-6,15,17H,4,7-14H2,1-3H3,(H2,21,22,23);1H. The van der Waals surface area contributed by atoms with Gasteiger partial charge in [0.2, 0.25) is 0 Å². The predicted molar refractivity (Wildman–Crippen MR) is 122 cm³/mol. The zero-order chi connectivity index (χ0) is 19.3. The van der Waals surface area contributed by atoms with Crippen molar-refractivity contribution in [3.63, 3.8) is 0 Å². The SMILES string of the molecule is CN=C(NCCCOC1CCOCC1)NCCc1ccc(OC)c(OC)c1.I. The molecule has 1 aromatic carbocycles. The summed E-state index contributed by atoms with van der Waals surface area (Å²) in [7, 11) is 5.07. The van der Waals surface area contributed by atoms with Gasteiger partial charge in [0, 0.05) is 40.0 Å². The Labute approximate surface area is 185 Å². The Bertz CT molecular complexity index is 581. The van der Waals surface area contributed by atoms with E-state index in [1.54, 1.807) is 21.3 Å². The first-order chi connectivity index (χ1) is 13.3. The summed E-state index contributed by atoms with van der Waals surface area (Å²) in [5.41, 5.74) is 1.18. The van der Waals surface area contributed by atoms with Gasteiger partial charge in [0.1, 0.15) is 0 Å². The molecule has 1 heterocycles. The van der Waals surface area contributed by atoms with E-state index >= 15 is 0 Å². The van der Waals surface area contributed by atoms with Crippen molar-refractivity contribution in [2.24, 2.45) is 4.99 Å². The molecular formula is C20H34IN3O4. The topological polar surface area (TPSA) is 73.3 Å². The number of guanidine groups is 1. The van der Waals surface area contributed by atoms with E-state index in [2.05, 4.69) is 15.6 Å². The lowest BCUT2D eigenvalue weighted by atomic mass is 10.1. The fourth-order valence-corrected chi connectivity index (χ4v) is 2.95. The molecule has 2 rings (SSSR count). The van der Waals surface area contributed by atoms with Gasteiger partial charge in [-0.1, -0.05) is 6.07 Å². The molecule has 1 aliphatic rings. The molecule has 0 aliphatic carbocycles. The smallest absolute Gasteiger partial charge is 0.190 e. The number of nitrogens with zero attached hydrogens (tertiary/aromatic N) is 1. The van der Waals surface area contributed by atoms with Gasteiger partial charge in [0.15, 0.2) is 17.5 Å². The molecule has 0 aromatic heterocycles. The molecule has 7 nitrogen and oxygen atoms in total. The zero-order valence-corrected chi connectivity index (χ0v) is 19.5. The predicted octanol–water partition coefficient (Wildman–Crippen LogP) is 2.62. The number of hydrogen-bond acceptors (Lipinski definition) is 5. The highest BCUT2D eigenvalue weighted by Crippen LogP contribution is 2.27. The summed E-state index contributed by atoms with van der Waals surface area (Å²) in [5.74, 6) is 2.30. The highest BCUT2D eigenvalue weighted by atomic mass is 127. The van der Waals surface area contributed by atoms with Crippen LogP contribution in [0, 0.1) is 0 Å². The maximum Gasteiger partial charge on any atom is 0.190 e. The second-order valence-corrected chi connectivity index (χ2v) is 6.40. The number of nitrogens with one attached hydrogen (secondary N) is 2. The molecule has 0 radical (unpaired) electrons. The molecule has 0 saturated carbocycles. The van der Waals surface area contributed by atoms with Crippen LogP contribution in [-0.2, 0) is 15.9 Å². The monoisotopic (exact) mass is 507 g/mol. The Morgan fingerprint density at radius 3 is 2.50 bits per heavy atom. The van der Waals surface area contributed by atoms with Crippen molar-refractivity contribution >= 4 is 29.9 Å². The first-order valence-corrected chi connectivity index (χ1v) is 9.61. The third-order valence-electron chi connectivity index (χ3n) is 4.51. The lowest BCUT2D eigenvalue weighted by molar-refractivity contribution is -0.0320. The Hall–Kier alpha value is -1.26. The van der Waals surface area contributed by atoms with Gasteiger partial charge >= 0.3 is 0 Å². The van der Waals surface area contributed by atoms with E-state index in [9.17, 15) is 0 Å². The van der Waals surface area contributed by atoms with E-state index in [1.807, 2.05) is 18.2 Å². The van der Waals surface area contributed by atoms with Crippen molar-refractivity contribution < 1.29 is 18.9 Å². The first kappa shape index (κ1) is 24.8. The molecule has 1 aliphatic heterocycles. The molecule has 160 valence electrons. The number of aliphatic imine (C=N–C) groups is 1. The largest absolute Gasteiger partial charge is 0.493 e. The van der Waals surface area contributed by atoms with Gasteiger partial charge in [-0.2, -0.15) is 0 Å². The van der Waals surface area contributed by atoms with Crippen molar-refractivity contribution in [3.05, 3.63) is 23.8 Å². The maximum atomic E-state index is 5.88. The number of halogens is 1. The van der Waals surface area contributed by atoms with Gasteiger partial charge in [0.25, 0.3) is 0 Å². The molecule has 0 spiro atoms. The van der Waals surface area contributed by atoms with Gasteiger partial charge in [-0.25, -0.2) is 0 Å². The van der Waals surface area contributed by atoms with Crippen LogP contribution in [0.3, 0.4) is 0 Å². The van der Waals surface area contributed by atoms with Crippen molar-refractivity contribution in [1.82, 2.24) is 10.6 Å². The molecule has 1 saturated heterocycles. The van der Waals surface area contributed by atoms with Crippen LogP contribution in [-0.4, -0.2) is 66.2 Å². The molecule has 2 N–H and O–H groups in total. The molecule has 1 fully saturated rings. The number of rotatable bonds is 10. The zero-order valence-electron chi connectivity index (χ0n) is 17.2. The third kappa shape index (κ3) is 8.83. The van der Waals surface area contributed by atoms with Gasteiger partial charge in [0.05, 0.1) is 20.3 Å². The highest BCUT2D eigenvalue weighted by molar-refractivity contribution is 14.0. The minimum Gasteiger partial charge on any atom is -0.493 e. The van der Waals surface area contributed by atoms with E-state index in [0.29, 0.717) is 6.10 Å². The summed E-state index contributed by atoms with van der Waals surface area (Å²) < 4.78 is 21.8. The average molecular weight is 507 g/mol. The molecule has 28 heavy (non-hydrogen) atoms. The second-order valence-electron chi connectivity index (χ2n) is 6.40. The summed E-state index contributed by atoms with van der Waals surface area (Å²) >= 11 is 0. The number of benzene rings is 1. The average Bonchev–Trinajstić information content (AvgIpc) is 2.72. The van der Waals surface area contributed by atoms with Crippen LogP contribution >= 0.6 is 24.0 Å². The van der Waals surface area contributed by atoms with Crippen LogP contribution in [0.5, 0.6) is 11.5 Å². The van der Waals surface area contributed by atoms with Crippen LogP contribution in [0.1, 0.15) is 24.8 Å². The van der Waals surface area contributed by atoms with Gasteiger partial charge in [-0.05, 0) is 43.4 Å². The maximum absolute atomic E-state index is 5.88. The van der Waals surface area contributed by atoms with Crippen LogP contribution in [0.4, 0.5) is 0 Å².